The van der Waals surface area contributed by atoms with Crippen LogP contribution in [0, 0.1) is 10.7 Å². The molecule has 0 spiro atoms. The molecule has 0 atom stereocenters. The molecule has 0 fully saturated rings. The number of hydrogen-bond donors (Lipinski definition) is 0. The summed E-state index contributed by atoms with van der Waals surface area (Å²) in [6.07, 6.45) is 1.44. The summed E-state index contributed by atoms with van der Waals surface area (Å²) in [6.45, 7) is 1.91. The summed E-state index contributed by atoms with van der Waals surface area (Å²) >= 11 is 2.09. The standard InChI is InChI=1S/C4H4INO.ClH/c1-3-4(5)7-2-6-3;/h2H,1H3;1H. The minimum atomic E-state index is 0. The second-order valence-electron chi connectivity index (χ2n) is 1.21. The second-order valence-corrected chi connectivity index (χ2v) is 2.19. The van der Waals surface area contributed by atoms with Crippen LogP contribution in [0.2, 0.25) is 0 Å². The van der Waals surface area contributed by atoms with E-state index >= 15 is 0 Å². The van der Waals surface area contributed by atoms with E-state index in [9.17, 15) is 0 Å². The van der Waals surface area contributed by atoms with Crippen LogP contribution in [-0.2, 0) is 0 Å². The van der Waals surface area contributed by atoms with Crippen molar-refractivity contribution in [1.29, 1.82) is 0 Å². The molecule has 1 aromatic heterocycles. The molecule has 0 bridgehead atoms. The monoisotopic (exact) mass is 245 g/mol. The van der Waals surface area contributed by atoms with E-state index < -0.39 is 0 Å². The summed E-state index contributed by atoms with van der Waals surface area (Å²) in [5.74, 6) is 0. The van der Waals surface area contributed by atoms with Crippen molar-refractivity contribution in [3.63, 3.8) is 0 Å². The molecule has 0 aliphatic rings. The molecule has 0 N–H and O–H groups in total. The van der Waals surface area contributed by atoms with Crippen molar-refractivity contribution in [2.24, 2.45) is 0 Å². The maximum absolute atomic E-state index is 4.84. The second kappa shape index (κ2) is 3.29. The topological polar surface area (TPSA) is 26.0 Å². The molecule has 8 heavy (non-hydrogen) atoms. The Balaban J connectivity index is 0.000000490. The van der Waals surface area contributed by atoms with Crippen molar-refractivity contribution in [1.82, 2.24) is 4.98 Å². The molecule has 0 aliphatic heterocycles. The zero-order valence-corrected chi connectivity index (χ0v) is 7.19. The lowest BCUT2D eigenvalue weighted by atomic mass is 10.6. The Morgan fingerprint density at radius 3 is 2.50 bits per heavy atom. The van der Waals surface area contributed by atoms with Gasteiger partial charge in [0.15, 0.2) is 10.2 Å². The van der Waals surface area contributed by atoms with Gasteiger partial charge in [0.25, 0.3) is 0 Å². The molecule has 1 rings (SSSR count). The number of halogens is 2. The van der Waals surface area contributed by atoms with E-state index in [4.69, 9.17) is 4.42 Å². The molecule has 2 nitrogen and oxygen atoms in total. The summed E-state index contributed by atoms with van der Waals surface area (Å²) in [5, 5.41) is 0. The predicted octanol–water partition coefficient (Wildman–Crippen LogP) is 2.01. The van der Waals surface area contributed by atoms with Gasteiger partial charge in [-0.05, 0) is 6.92 Å². The Morgan fingerprint density at radius 1 is 1.75 bits per heavy atom. The van der Waals surface area contributed by atoms with Gasteiger partial charge >= 0.3 is 0 Å². The fraction of sp³-hybridized carbons (Fsp3) is 0.250. The highest BCUT2D eigenvalue weighted by Gasteiger charge is 1.93. The molecular weight excluding hydrogens is 240 g/mol. The fourth-order valence-electron chi connectivity index (χ4n) is 0.288. The summed E-state index contributed by atoms with van der Waals surface area (Å²) in [5.41, 5.74) is 0.959. The summed E-state index contributed by atoms with van der Waals surface area (Å²) in [7, 11) is 0. The average Bonchev–Trinajstić information content (AvgIpc) is 1.91. The number of oxazole rings is 1. The highest BCUT2D eigenvalue weighted by atomic mass is 127. The van der Waals surface area contributed by atoms with E-state index in [-0.39, 0.29) is 12.4 Å². The van der Waals surface area contributed by atoms with Crippen molar-refractivity contribution >= 4 is 35.0 Å². The van der Waals surface area contributed by atoms with Gasteiger partial charge in [0.1, 0.15) is 0 Å². The summed E-state index contributed by atoms with van der Waals surface area (Å²) < 4.78 is 5.71. The van der Waals surface area contributed by atoms with Gasteiger partial charge < -0.3 is 4.42 Å². The van der Waals surface area contributed by atoms with Gasteiger partial charge in [0.05, 0.1) is 5.69 Å². The quantitative estimate of drug-likeness (QED) is 0.654. The third-order valence-electron chi connectivity index (χ3n) is 0.687. The molecule has 1 aromatic rings. The third kappa shape index (κ3) is 1.63. The zero-order valence-electron chi connectivity index (χ0n) is 4.22. The minimum absolute atomic E-state index is 0. The largest absolute Gasteiger partial charge is 0.437 e. The maximum Gasteiger partial charge on any atom is 0.186 e. The van der Waals surface area contributed by atoms with Crippen LogP contribution in [0.3, 0.4) is 0 Å². The Morgan fingerprint density at radius 2 is 2.38 bits per heavy atom. The van der Waals surface area contributed by atoms with Gasteiger partial charge in [-0.15, -0.1) is 12.4 Å². The van der Waals surface area contributed by atoms with Crippen molar-refractivity contribution < 1.29 is 4.42 Å². The van der Waals surface area contributed by atoms with Crippen LogP contribution in [-0.4, -0.2) is 4.98 Å². The van der Waals surface area contributed by atoms with Crippen molar-refractivity contribution in [2.75, 3.05) is 0 Å². The van der Waals surface area contributed by atoms with Gasteiger partial charge in [-0.25, -0.2) is 4.98 Å². The molecule has 0 unspecified atom stereocenters. The Labute approximate surface area is 67.2 Å². The lowest BCUT2D eigenvalue weighted by molar-refractivity contribution is 0.529. The molecule has 0 aliphatic carbocycles. The lowest BCUT2D eigenvalue weighted by Gasteiger charge is -1.74. The van der Waals surface area contributed by atoms with Crippen LogP contribution < -0.4 is 0 Å². The van der Waals surface area contributed by atoms with Gasteiger partial charge in [-0.2, -0.15) is 0 Å². The number of nitrogens with zero attached hydrogens (tertiary/aromatic N) is 1. The van der Waals surface area contributed by atoms with Gasteiger partial charge in [-0.3, -0.25) is 0 Å². The molecule has 0 saturated heterocycles. The van der Waals surface area contributed by atoms with Crippen LogP contribution in [0.4, 0.5) is 0 Å². The summed E-state index contributed by atoms with van der Waals surface area (Å²) in [6, 6.07) is 0. The van der Waals surface area contributed by atoms with Crippen LogP contribution in [0.1, 0.15) is 5.69 Å². The third-order valence-corrected chi connectivity index (χ3v) is 1.72. The molecule has 0 saturated carbocycles. The Bertz CT molecular complexity index is 148. The van der Waals surface area contributed by atoms with E-state index in [2.05, 4.69) is 27.6 Å². The van der Waals surface area contributed by atoms with Crippen LogP contribution in [0.25, 0.3) is 0 Å². The van der Waals surface area contributed by atoms with Gasteiger partial charge in [0.2, 0.25) is 0 Å². The first-order chi connectivity index (χ1) is 3.30. The fourth-order valence-corrected chi connectivity index (χ4v) is 0.541. The average molecular weight is 245 g/mol. The molecule has 46 valence electrons. The minimum Gasteiger partial charge on any atom is -0.437 e. The van der Waals surface area contributed by atoms with Crippen molar-refractivity contribution in [3.8, 4) is 0 Å². The number of rotatable bonds is 0. The normalized spacial score (nSPS) is 8.25. The molecule has 0 radical (unpaired) electrons. The number of hydrogen-bond acceptors (Lipinski definition) is 2. The van der Waals surface area contributed by atoms with Crippen molar-refractivity contribution in [3.05, 3.63) is 15.9 Å². The van der Waals surface area contributed by atoms with Crippen molar-refractivity contribution in [2.45, 2.75) is 6.92 Å². The van der Waals surface area contributed by atoms with E-state index in [1.807, 2.05) is 6.92 Å². The molecule has 0 aromatic carbocycles. The van der Waals surface area contributed by atoms with E-state index in [1.165, 1.54) is 6.39 Å². The molecule has 4 heteroatoms. The first-order valence-corrected chi connectivity index (χ1v) is 2.94. The highest BCUT2D eigenvalue weighted by Crippen LogP contribution is 2.06. The first-order valence-electron chi connectivity index (χ1n) is 1.86. The maximum atomic E-state index is 4.84. The SMILES string of the molecule is Cc1ncoc1I.Cl. The summed E-state index contributed by atoms with van der Waals surface area (Å²) in [4.78, 5) is 3.84. The Kier molecular flexibility index (Phi) is 3.39. The molecular formula is C4H5ClINO. The number of aryl methyl sites for hydroxylation is 1. The zero-order chi connectivity index (χ0) is 5.28. The van der Waals surface area contributed by atoms with E-state index in [0.29, 0.717) is 0 Å². The predicted molar refractivity (Wildman–Crippen MR) is 41.2 cm³/mol. The first kappa shape index (κ1) is 8.23. The van der Waals surface area contributed by atoms with Crippen LogP contribution in [0.5, 0.6) is 0 Å². The molecule has 1 heterocycles. The van der Waals surface area contributed by atoms with Gasteiger partial charge in [-0.1, -0.05) is 0 Å². The van der Waals surface area contributed by atoms with E-state index in [1.54, 1.807) is 0 Å². The van der Waals surface area contributed by atoms with Gasteiger partial charge in [0, 0.05) is 22.6 Å². The lowest BCUT2D eigenvalue weighted by Crippen LogP contribution is -1.68. The molecule has 0 amide bonds. The van der Waals surface area contributed by atoms with E-state index in [0.717, 1.165) is 9.46 Å². The van der Waals surface area contributed by atoms with Crippen LogP contribution in [0.15, 0.2) is 10.8 Å². The number of aromatic nitrogens is 1. The highest BCUT2D eigenvalue weighted by molar-refractivity contribution is 14.1. The smallest absolute Gasteiger partial charge is 0.186 e. The van der Waals surface area contributed by atoms with Crippen LogP contribution >= 0.6 is 35.0 Å². The Hall–Kier alpha value is 0.230.